The first-order chi connectivity index (χ1) is 17.0. The van der Waals surface area contributed by atoms with Gasteiger partial charge in [-0.1, -0.05) is 6.07 Å². The van der Waals surface area contributed by atoms with Crippen LogP contribution in [0.4, 0.5) is 10.2 Å². The lowest BCUT2D eigenvalue weighted by Gasteiger charge is -2.11. The molecular formula is C24H21FN8O2. The van der Waals surface area contributed by atoms with E-state index in [1.165, 1.54) is 12.1 Å². The maximum Gasteiger partial charge on any atom is 0.326 e. The minimum atomic E-state index is -0.512. The number of nitrogens with zero attached hydrogens (tertiary/aromatic N) is 4. The number of H-pyrrole nitrogens is 3. The van der Waals surface area contributed by atoms with Crippen LogP contribution in [0.25, 0.3) is 23.0 Å². The normalized spacial score (nSPS) is 14.8. The Kier molecular flexibility index (Phi) is 4.94. The van der Waals surface area contributed by atoms with E-state index in [0.29, 0.717) is 28.7 Å². The Morgan fingerprint density at radius 1 is 1.26 bits per heavy atom. The van der Waals surface area contributed by atoms with Crippen LogP contribution in [0, 0.1) is 5.82 Å². The number of imidazole rings is 1. The van der Waals surface area contributed by atoms with Crippen molar-refractivity contribution in [3.05, 3.63) is 87.1 Å². The molecule has 6 rings (SSSR count). The standard InChI is InChI=1S/C24H21FN8O2/c25-15-4-3-13(17(9-15)18-2-1-7-26-18)11-27-20-10-21(29-16-5-6-16)33-22(31-20)14(12-28-33)8-19-23(34)32-24(35)30-19/h1-4,7-10,12,16,26-27,34H,5-6,11H2,(H2,30,32,35). The number of nitrogens with one attached hydrogen (secondary N) is 4. The van der Waals surface area contributed by atoms with Gasteiger partial charge in [-0.3, -0.25) is 9.98 Å². The number of aromatic hydroxyl groups is 1. The Bertz CT molecular complexity index is 1710. The van der Waals surface area contributed by atoms with E-state index >= 15 is 0 Å². The van der Waals surface area contributed by atoms with E-state index in [1.54, 1.807) is 29.1 Å². The summed E-state index contributed by atoms with van der Waals surface area (Å²) in [5.41, 5.74) is 3.36. The van der Waals surface area contributed by atoms with E-state index in [1.807, 2.05) is 18.2 Å². The van der Waals surface area contributed by atoms with Gasteiger partial charge in [-0.2, -0.15) is 9.61 Å². The van der Waals surface area contributed by atoms with Crippen molar-refractivity contribution in [1.29, 1.82) is 0 Å². The van der Waals surface area contributed by atoms with Gasteiger partial charge in [0.05, 0.1) is 12.2 Å². The molecule has 5 N–H and O–H groups in total. The van der Waals surface area contributed by atoms with E-state index in [-0.39, 0.29) is 23.4 Å². The number of aromatic nitrogens is 6. The van der Waals surface area contributed by atoms with E-state index < -0.39 is 5.69 Å². The Labute approximate surface area is 196 Å². The molecule has 176 valence electrons. The highest BCUT2D eigenvalue weighted by Crippen LogP contribution is 2.24. The average Bonchev–Trinajstić information content (AvgIpc) is 3.19. The van der Waals surface area contributed by atoms with Crippen LogP contribution in [0.1, 0.15) is 24.1 Å². The first-order valence-electron chi connectivity index (χ1n) is 11.2. The quantitative estimate of drug-likeness (QED) is 0.257. The van der Waals surface area contributed by atoms with E-state index in [2.05, 4.69) is 25.4 Å². The molecule has 0 radical (unpaired) electrons. The van der Waals surface area contributed by atoms with Crippen molar-refractivity contribution >= 4 is 17.5 Å². The largest absolute Gasteiger partial charge is 0.493 e. The Hall–Kier alpha value is -4.67. The van der Waals surface area contributed by atoms with E-state index in [4.69, 9.17) is 9.98 Å². The summed E-state index contributed by atoms with van der Waals surface area (Å²) >= 11 is 0. The summed E-state index contributed by atoms with van der Waals surface area (Å²) in [6.07, 6.45) is 7.05. The Morgan fingerprint density at radius 2 is 2.14 bits per heavy atom. The van der Waals surface area contributed by atoms with Crippen molar-refractivity contribution in [3.63, 3.8) is 0 Å². The molecule has 1 fully saturated rings. The number of fused-ring (bicyclic) bond motifs is 1. The first-order valence-corrected chi connectivity index (χ1v) is 11.2. The first kappa shape index (κ1) is 20.9. The predicted molar refractivity (Wildman–Crippen MR) is 127 cm³/mol. The van der Waals surface area contributed by atoms with Crippen LogP contribution < -0.4 is 21.7 Å². The number of anilines is 1. The van der Waals surface area contributed by atoms with Crippen LogP contribution in [0.5, 0.6) is 5.88 Å². The molecule has 4 aromatic heterocycles. The zero-order valence-corrected chi connectivity index (χ0v) is 18.4. The molecule has 0 atom stereocenters. The van der Waals surface area contributed by atoms with E-state index in [0.717, 1.165) is 29.7 Å². The molecule has 0 amide bonds. The summed E-state index contributed by atoms with van der Waals surface area (Å²) < 4.78 is 15.6. The third-order valence-electron chi connectivity index (χ3n) is 5.80. The highest BCUT2D eigenvalue weighted by atomic mass is 19.1. The topological polar surface area (TPSA) is 139 Å². The van der Waals surface area contributed by atoms with Gasteiger partial charge in [0.2, 0.25) is 5.88 Å². The lowest BCUT2D eigenvalue weighted by Crippen LogP contribution is -2.20. The number of aromatic amines is 3. The van der Waals surface area contributed by atoms with E-state index in [9.17, 15) is 14.3 Å². The number of halogens is 1. The van der Waals surface area contributed by atoms with Gasteiger partial charge in [0.1, 0.15) is 17.3 Å². The van der Waals surface area contributed by atoms with Crippen molar-refractivity contribution in [2.24, 2.45) is 4.99 Å². The molecule has 0 spiro atoms. The van der Waals surface area contributed by atoms with Crippen molar-refractivity contribution in [3.8, 4) is 17.1 Å². The van der Waals surface area contributed by atoms with Gasteiger partial charge < -0.3 is 20.4 Å². The number of hydrogen-bond acceptors (Lipinski definition) is 6. The number of benzene rings is 1. The summed E-state index contributed by atoms with van der Waals surface area (Å²) in [6, 6.07) is 10.5. The summed E-state index contributed by atoms with van der Waals surface area (Å²) in [7, 11) is 0. The van der Waals surface area contributed by atoms with Gasteiger partial charge in [-0.05, 0) is 48.7 Å². The Morgan fingerprint density at radius 3 is 2.89 bits per heavy atom. The van der Waals surface area contributed by atoms with Crippen LogP contribution in [-0.4, -0.2) is 40.7 Å². The molecule has 1 aromatic carbocycles. The van der Waals surface area contributed by atoms with Crippen LogP contribution in [-0.2, 0) is 6.54 Å². The molecule has 11 heteroatoms. The third-order valence-corrected chi connectivity index (χ3v) is 5.80. The van der Waals surface area contributed by atoms with Gasteiger partial charge in [-0.25, -0.2) is 14.2 Å². The molecule has 0 unspecified atom stereocenters. The lowest BCUT2D eigenvalue weighted by atomic mass is 10.0. The van der Waals surface area contributed by atoms with Crippen molar-refractivity contribution in [2.75, 3.05) is 5.32 Å². The van der Waals surface area contributed by atoms with Gasteiger partial charge in [0.15, 0.2) is 11.1 Å². The summed E-state index contributed by atoms with van der Waals surface area (Å²) in [4.78, 5) is 28.9. The minimum absolute atomic E-state index is 0.229. The molecule has 4 heterocycles. The molecule has 0 bridgehead atoms. The molecule has 0 aliphatic heterocycles. The fraction of sp³-hybridized carbons (Fsp3) is 0.167. The minimum Gasteiger partial charge on any atom is -0.493 e. The second-order valence-electron chi connectivity index (χ2n) is 8.42. The second-order valence-corrected chi connectivity index (χ2v) is 8.42. The van der Waals surface area contributed by atoms with Crippen molar-refractivity contribution in [2.45, 2.75) is 25.4 Å². The molecule has 5 aromatic rings. The Balaban J connectivity index is 1.41. The summed E-state index contributed by atoms with van der Waals surface area (Å²) in [6.45, 7) is 0.403. The van der Waals surface area contributed by atoms with Crippen LogP contribution >= 0.6 is 0 Å². The van der Waals surface area contributed by atoms with Crippen LogP contribution in [0.2, 0.25) is 0 Å². The highest BCUT2D eigenvalue weighted by molar-refractivity contribution is 5.65. The van der Waals surface area contributed by atoms with Crippen molar-refractivity contribution in [1.82, 2.24) is 29.5 Å². The summed E-state index contributed by atoms with van der Waals surface area (Å²) in [5.74, 6) is -0.00539. The SMILES string of the molecule is O=c1[nH]c(O)c(C=c2cnn3c(=NC4CC4)cc(NCc4ccc(F)cc4-c4ccc[nH]4)nc23)[nH]1. The maximum atomic E-state index is 14.0. The molecule has 10 nitrogen and oxygen atoms in total. The lowest BCUT2D eigenvalue weighted by molar-refractivity contribution is 0.454. The fourth-order valence-electron chi connectivity index (χ4n) is 3.92. The zero-order chi connectivity index (χ0) is 23.9. The monoisotopic (exact) mass is 472 g/mol. The van der Waals surface area contributed by atoms with Crippen LogP contribution in [0.3, 0.4) is 0 Å². The van der Waals surface area contributed by atoms with Crippen LogP contribution in [0.15, 0.2) is 58.6 Å². The highest BCUT2D eigenvalue weighted by Gasteiger charge is 2.20. The van der Waals surface area contributed by atoms with Crippen molar-refractivity contribution < 1.29 is 9.50 Å². The maximum absolute atomic E-state index is 14.0. The molecular weight excluding hydrogens is 451 g/mol. The van der Waals surface area contributed by atoms with Gasteiger partial charge in [0.25, 0.3) is 0 Å². The van der Waals surface area contributed by atoms with Gasteiger partial charge >= 0.3 is 5.69 Å². The molecule has 1 aliphatic rings. The molecule has 1 aliphatic carbocycles. The second kappa shape index (κ2) is 8.28. The molecule has 1 saturated carbocycles. The average molecular weight is 472 g/mol. The third kappa shape index (κ3) is 4.19. The van der Waals surface area contributed by atoms with Gasteiger partial charge in [-0.15, -0.1) is 0 Å². The fourth-order valence-corrected chi connectivity index (χ4v) is 3.92. The molecule has 0 saturated heterocycles. The summed E-state index contributed by atoms with van der Waals surface area (Å²) in [5, 5.41) is 18.3. The predicted octanol–water partition coefficient (Wildman–Crippen LogP) is 1.81. The number of hydrogen-bond donors (Lipinski definition) is 5. The van der Waals surface area contributed by atoms with Gasteiger partial charge in [0, 0.05) is 35.3 Å². The molecule has 35 heavy (non-hydrogen) atoms. The zero-order valence-electron chi connectivity index (χ0n) is 18.4. The smallest absolute Gasteiger partial charge is 0.326 e. The number of rotatable bonds is 6.